The van der Waals surface area contributed by atoms with E-state index < -0.39 is 36.9 Å². The average Bonchev–Trinajstić information content (AvgIpc) is 3.04. The number of likely N-dealkylation sites (tertiary alicyclic amines) is 1. The van der Waals surface area contributed by atoms with Crippen molar-refractivity contribution in [1.29, 1.82) is 0 Å². The van der Waals surface area contributed by atoms with Crippen LogP contribution in [0.1, 0.15) is 33.6 Å². The second kappa shape index (κ2) is 7.04. The lowest BCUT2D eigenvalue weighted by molar-refractivity contribution is -0.384. The highest BCUT2D eigenvalue weighted by molar-refractivity contribution is 7.91. The molecule has 0 bridgehead atoms. The highest BCUT2D eigenvalue weighted by Gasteiger charge is 2.38. The Bertz CT molecular complexity index is 1020. The third-order valence-corrected chi connectivity index (χ3v) is 6.20. The van der Waals surface area contributed by atoms with Crippen molar-refractivity contribution in [2.45, 2.75) is 49.7 Å². The number of hydrogen-bond donors (Lipinski definition) is 0. The topological polar surface area (TPSA) is 133 Å². The second-order valence-electron chi connectivity index (χ2n) is 7.62. The second-order valence-corrected chi connectivity index (χ2v) is 9.73. The van der Waals surface area contributed by atoms with Crippen LogP contribution in [0.4, 0.5) is 10.5 Å². The van der Waals surface area contributed by atoms with Gasteiger partial charge in [-0.15, -0.1) is 0 Å². The minimum atomic E-state index is -3.96. The molecule has 1 atom stereocenters. The summed E-state index contributed by atoms with van der Waals surface area (Å²) in [4.78, 5) is 27.9. The van der Waals surface area contributed by atoms with E-state index >= 15 is 0 Å². The molecule has 152 valence electrons. The van der Waals surface area contributed by atoms with E-state index in [1.54, 1.807) is 20.8 Å². The Kier molecular flexibility index (Phi) is 5.04. The fourth-order valence-electron chi connectivity index (χ4n) is 2.96. The van der Waals surface area contributed by atoms with E-state index in [1.807, 2.05) is 0 Å². The number of hydrogen-bond acceptors (Lipinski definition) is 8. The van der Waals surface area contributed by atoms with Crippen molar-refractivity contribution in [3.05, 3.63) is 28.3 Å². The Morgan fingerprint density at radius 3 is 2.75 bits per heavy atom. The SMILES string of the molecule is CC(C)(C)OC(=O)N1CCCC(S(=O)(=O)c2nc3cc([N+](=O)[O-])ccc3o2)C1. The van der Waals surface area contributed by atoms with Crippen LogP contribution in [0.3, 0.4) is 0 Å². The van der Waals surface area contributed by atoms with Gasteiger partial charge in [0, 0.05) is 25.2 Å². The molecule has 1 aliphatic rings. The predicted octanol–water partition coefficient (Wildman–Crippen LogP) is 2.91. The van der Waals surface area contributed by atoms with Crippen molar-refractivity contribution in [2.24, 2.45) is 0 Å². The van der Waals surface area contributed by atoms with E-state index in [2.05, 4.69) is 4.98 Å². The number of oxazole rings is 1. The number of fused-ring (bicyclic) bond motifs is 1. The molecule has 10 nitrogen and oxygen atoms in total. The number of nitro benzene ring substituents is 1. The zero-order chi connectivity index (χ0) is 20.7. The number of rotatable bonds is 3. The van der Waals surface area contributed by atoms with Gasteiger partial charge < -0.3 is 14.1 Å². The minimum absolute atomic E-state index is 0.0316. The molecule has 2 heterocycles. The number of non-ortho nitro benzene ring substituents is 1. The van der Waals surface area contributed by atoms with Gasteiger partial charge in [0.1, 0.15) is 11.1 Å². The molecule has 1 fully saturated rings. The number of sulfone groups is 1. The fraction of sp³-hybridized carbons (Fsp3) is 0.529. The van der Waals surface area contributed by atoms with Crippen molar-refractivity contribution in [2.75, 3.05) is 13.1 Å². The zero-order valence-electron chi connectivity index (χ0n) is 15.7. The van der Waals surface area contributed by atoms with Gasteiger partial charge in [0.15, 0.2) is 5.58 Å². The van der Waals surface area contributed by atoms with Crippen molar-refractivity contribution < 1.29 is 27.3 Å². The standard InChI is InChI=1S/C17H21N3O7S/c1-17(2,3)27-16(21)19-8-4-5-12(10-19)28(24,25)15-18-13-9-11(20(22)23)6-7-14(13)26-15/h6-7,9,12H,4-5,8,10H2,1-3H3. The van der Waals surface area contributed by atoms with Crippen LogP contribution in [0, 0.1) is 10.1 Å². The monoisotopic (exact) mass is 411 g/mol. The summed E-state index contributed by atoms with van der Waals surface area (Å²) in [5.74, 6) is 0. The van der Waals surface area contributed by atoms with Gasteiger partial charge in [0.05, 0.1) is 10.2 Å². The maximum Gasteiger partial charge on any atom is 0.410 e. The van der Waals surface area contributed by atoms with Crippen LogP contribution < -0.4 is 0 Å². The fourth-order valence-corrected chi connectivity index (χ4v) is 4.53. The molecule has 1 saturated heterocycles. The molecule has 11 heteroatoms. The van der Waals surface area contributed by atoms with Crippen LogP contribution in [0.5, 0.6) is 0 Å². The number of nitrogens with zero attached hydrogens (tertiary/aromatic N) is 3. The summed E-state index contributed by atoms with van der Waals surface area (Å²) in [5.41, 5.74) is -0.659. The van der Waals surface area contributed by atoms with Gasteiger partial charge in [0.2, 0.25) is 9.84 Å². The van der Waals surface area contributed by atoms with Gasteiger partial charge in [-0.2, -0.15) is 4.98 Å². The molecule has 0 N–H and O–H groups in total. The number of carbonyl (C=O) groups excluding carboxylic acids is 1. The van der Waals surface area contributed by atoms with Crippen LogP contribution in [-0.2, 0) is 14.6 Å². The summed E-state index contributed by atoms with van der Waals surface area (Å²) in [6, 6.07) is 3.69. The number of amides is 1. The van der Waals surface area contributed by atoms with Gasteiger partial charge in [-0.05, 0) is 39.7 Å². The van der Waals surface area contributed by atoms with Crippen LogP contribution in [-0.4, -0.2) is 53.3 Å². The molecule has 1 aromatic heterocycles. The molecule has 1 aliphatic heterocycles. The largest absolute Gasteiger partial charge is 0.444 e. The Morgan fingerprint density at radius 2 is 2.11 bits per heavy atom. The summed E-state index contributed by atoms with van der Waals surface area (Å²) < 4.78 is 36.6. The summed E-state index contributed by atoms with van der Waals surface area (Å²) in [7, 11) is -3.96. The maximum atomic E-state index is 13.0. The molecule has 3 rings (SSSR count). The highest BCUT2D eigenvalue weighted by atomic mass is 32.2. The number of piperidine rings is 1. The van der Waals surface area contributed by atoms with Crippen molar-refractivity contribution >= 4 is 32.7 Å². The zero-order valence-corrected chi connectivity index (χ0v) is 16.6. The van der Waals surface area contributed by atoms with Crippen LogP contribution in [0.15, 0.2) is 27.8 Å². The number of ether oxygens (including phenoxy) is 1. The molecule has 1 aromatic carbocycles. The number of carbonyl (C=O) groups is 1. The molecule has 2 aromatic rings. The summed E-state index contributed by atoms with van der Waals surface area (Å²) in [5, 5.41) is 9.48. The van der Waals surface area contributed by atoms with Gasteiger partial charge in [-0.25, -0.2) is 13.2 Å². The maximum absolute atomic E-state index is 13.0. The first-order chi connectivity index (χ1) is 13.0. The van der Waals surface area contributed by atoms with Gasteiger partial charge >= 0.3 is 11.3 Å². The lowest BCUT2D eigenvalue weighted by Gasteiger charge is -2.33. The molecule has 0 spiro atoms. The van der Waals surface area contributed by atoms with Crippen molar-refractivity contribution in [3.63, 3.8) is 0 Å². The Balaban J connectivity index is 1.84. The number of benzene rings is 1. The van der Waals surface area contributed by atoms with Gasteiger partial charge in [0.25, 0.3) is 5.69 Å². The lowest BCUT2D eigenvalue weighted by Crippen LogP contribution is -2.47. The van der Waals surface area contributed by atoms with E-state index in [9.17, 15) is 23.3 Å². The summed E-state index contributed by atoms with van der Waals surface area (Å²) in [6.45, 7) is 5.58. The van der Waals surface area contributed by atoms with E-state index in [-0.39, 0.29) is 23.3 Å². The van der Waals surface area contributed by atoms with Crippen LogP contribution in [0.25, 0.3) is 11.1 Å². The van der Waals surface area contributed by atoms with E-state index in [4.69, 9.17) is 9.15 Å². The first-order valence-electron chi connectivity index (χ1n) is 8.74. The molecule has 0 aliphatic carbocycles. The molecular formula is C17H21N3O7S. The molecule has 1 unspecified atom stereocenters. The van der Waals surface area contributed by atoms with Crippen LogP contribution >= 0.6 is 0 Å². The third kappa shape index (κ3) is 4.08. The molecule has 0 radical (unpaired) electrons. The Labute approximate surface area is 161 Å². The molecule has 1 amide bonds. The first kappa shape index (κ1) is 20.1. The predicted molar refractivity (Wildman–Crippen MR) is 98.7 cm³/mol. The number of aromatic nitrogens is 1. The number of nitro groups is 1. The average molecular weight is 411 g/mol. The first-order valence-corrected chi connectivity index (χ1v) is 10.3. The Morgan fingerprint density at radius 1 is 1.39 bits per heavy atom. The van der Waals surface area contributed by atoms with E-state index in [1.165, 1.54) is 17.0 Å². The third-order valence-electron chi connectivity index (χ3n) is 4.27. The van der Waals surface area contributed by atoms with Crippen LogP contribution in [0.2, 0.25) is 0 Å². The normalized spacial score (nSPS) is 18.2. The van der Waals surface area contributed by atoms with Crippen molar-refractivity contribution in [3.8, 4) is 0 Å². The lowest BCUT2D eigenvalue weighted by atomic mass is 10.1. The summed E-state index contributed by atoms with van der Waals surface area (Å²) in [6.07, 6.45) is 0.274. The van der Waals surface area contributed by atoms with E-state index in [0.29, 0.717) is 19.4 Å². The van der Waals surface area contributed by atoms with Gasteiger partial charge in [-0.1, -0.05) is 0 Å². The van der Waals surface area contributed by atoms with E-state index in [0.717, 1.165) is 6.07 Å². The molecule has 28 heavy (non-hydrogen) atoms. The van der Waals surface area contributed by atoms with Crippen molar-refractivity contribution in [1.82, 2.24) is 9.88 Å². The molecular weight excluding hydrogens is 390 g/mol. The summed E-state index contributed by atoms with van der Waals surface area (Å²) >= 11 is 0. The molecule has 0 saturated carbocycles. The smallest absolute Gasteiger partial charge is 0.410 e. The quantitative estimate of drug-likeness (QED) is 0.556. The Hall–Kier alpha value is -2.69. The van der Waals surface area contributed by atoms with Gasteiger partial charge in [-0.3, -0.25) is 10.1 Å². The minimum Gasteiger partial charge on any atom is -0.444 e. The highest BCUT2D eigenvalue weighted by Crippen LogP contribution is 2.28.